The van der Waals surface area contributed by atoms with E-state index in [1.807, 2.05) is 29.2 Å². The van der Waals surface area contributed by atoms with E-state index in [0.29, 0.717) is 24.5 Å². The fraction of sp³-hybridized carbons (Fsp3) is 0.235. The molecule has 0 spiro atoms. The van der Waals surface area contributed by atoms with Crippen molar-refractivity contribution in [3.63, 3.8) is 0 Å². The van der Waals surface area contributed by atoms with Gasteiger partial charge in [0, 0.05) is 42.5 Å². The number of nitrogens with one attached hydrogen (secondary N) is 1. The van der Waals surface area contributed by atoms with E-state index in [2.05, 4.69) is 15.0 Å². The Balaban J connectivity index is 1.48. The molecule has 0 radical (unpaired) electrons. The maximum absolute atomic E-state index is 12.7. The van der Waals surface area contributed by atoms with E-state index >= 15 is 0 Å². The highest BCUT2D eigenvalue weighted by molar-refractivity contribution is 6.06. The van der Waals surface area contributed by atoms with Gasteiger partial charge in [-0.25, -0.2) is 4.98 Å². The van der Waals surface area contributed by atoms with Gasteiger partial charge in [0.2, 0.25) is 5.88 Å². The van der Waals surface area contributed by atoms with E-state index in [0.717, 1.165) is 17.3 Å². The first kappa shape index (κ1) is 13.8. The van der Waals surface area contributed by atoms with E-state index in [-0.39, 0.29) is 12.0 Å². The first-order chi connectivity index (χ1) is 11.3. The van der Waals surface area contributed by atoms with Crippen molar-refractivity contribution in [1.29, 1.82) is 0 Å². The summed E-state index contributed by atoms with van der Waals surface area (Å²) < 4.78 is 5.79. The smallest absolute Gasteiger partial charge is 0.256 e. The molecule has 1 aliphatic rings. The van der Waals surface area contributed by atoms with Crippen molar-refractivity contribution in [2.45, 2.75) is 12.5 Å². The summed E-state index contributed by atoms with van der Waals surface area (Å²) in [5, 5.41) is 0.954. The molecule has 3 heterocycles. The van der Waals surface area contributed by atoms with Crippen molar-refractivity contribution in [1.82, 2.24) is 19.9 Å². The van der Waals surface area contributed by atoms with Crippen molar-refractivity contribution in [3.05, 3.63) is 54.6 Å². The zero-order valence-corrected chi connectivity index (χ0v) is 12.5. The molecule has 1 fully saturated rings. The quantitative estimate of drug-likeness (QED) is 0.805. The van der Waals surface area contributed by atoms with Gasteiger partial charge in [-0.05, 0) is 6.07 Å². The van der Waals surface area contributed by atoms with Crippen molar-refractivity contribution in [2.24, 2.45) is 0 Å². The van der Waals surface area contributed by atoms with E-state index in [1.165, 1.54) is 0 Å². The molecule has 23 heavy (non-hydrogen) atoms. The number of carbonyl (C=O) groups is 1. The molecule has 0 saturated carbocycles. The molecule has 0 aliphatic carbocycles. The highest BCUT2D eigenvalue weighted by atomic mass is 16.5. The minimum Gasteiger partial charge on any atom is -0.471 e. The Morgan fingerprint density at radius 2 is 2.22 bits per heavy atom. The number of amides is 1. The lowest BCUT2D eigenvalue weighted by Gasteiger charge is -2.16. The van der Waals surface area contributed by atoms with E-state index in [9.17, 15) is 4.79 Å². The van der Waals surface area contributed by atoms with Crippen LogP contribution in [0.2, 0.25) is 0 Å². The average Bonchev–Trinajstić information content (AvgIpc) is 3.22. The van der Waals surface area contributed by atoms with Crippen molar-refractivity contribution in [2.75, 3.05) is 13.1 Å². The molecule has 1 saturated heterocycles. The number of H-pyrrole nitrogens is 1. The second kappa shape index (κ2) is 5.72. The molecular weight excluding hydrogens is 292 g/mol. The van der Waals surface area contributed by atoms with Crippen LogP contribution in [0.4, 0.5) is 0 Å². The number of aromatic nitrogens is 3. The minimum absolute atomic E-state index is 0.0349. The molecule has 0 bridgehead atoms. The summed E-state index contributed by atoms with van der Waals surface area (Å²) in [4.78, 5) is 25.8. The lowest BCUT2D eigenvalue weighted by molar-refractivity contribution is 0.0773. The monoisotopic (exact) mass is 308 g/mol. The van der Waals surface area contributed by atoms with Gasteiger partial charge in [0.15, 0.2) is 0 Å². The molecule has 1 unspecified atom stereocenters. The number of para-hydroxylation sites is 1. The molecule has 1 N–H and O–H groups in total. The van der Waals surface area contributed by atoms with E-state index < -0.39 is 0 Å². The first-order valence-corrected chi connectivity index (χ1v) is 7.59. The molecular formula is C17H16N4O2. The number of likely N-dealkylation sites (tertiary alicyclic amines) is 1. The number of carbonyl (C=O) groups excluding carboxylic acids is 1. The third kappa shape index (κ3) is 2.63. The molecule has 3 aromatic rings. The van der Waals surface area contributed by atoms with Crippen molar-refractivity contribution >= 4 is 16.8 Å². The molecule has 1 aromatic carbocycles. The molecule has 1 aliphatic heterocycles. The number of hydrogen-bond donors (Lipinski definition) is 1. The molecule has 1 atom stereocenters. The molecule has 116 valence electrons. The molecule has 1 amide bonds. The number of ether oxygens (including phenoxy) is 1. The first-order valence-electron chi connectivity index (χ1n) is 7.59. The van der Waals surface area contributed by atoms with Gasteiger partial charge in [-0.1, -0.05) is 18.2 Å². The molecule has 4 rings (SSSR count). The zero-order valence-electron chi connectivity index (χ0n) is 12.5. The van der Waals surface area contributed by atoms with Gasteiger partial charge in [0.25, 0.3) is 5.91 Å². The zero-order chi connectivity index (χ0) is 15.6. The molecule has 6 nitrogen and oxygen atoms in total. The molecule has 6 heteroatoms. The number of benzene rings is 1. The van der Waals surface area contributed by atoms with Crippen LogP contribution in [-0.4, -0.2) is 45.0 Å². The Morgan fingerprint density at radius 3 is 3.09 bits per heavy atom. The summed E-state index contributed by atoms with van der Waals surface area (Å²) in [5.74, 6) is 0.534. The van der Waals surface area contributed by atoms with Crippen LogP contribution < -0.4 is 4.74 Å². The van der Waals surface area contributed by atoms with Gasteiger partial charge in [0.1, 0.15) is 6.10 Å². The van der Waals surface area contributed by atoms with Crippen molar-refractivity contribution < 1.29 is 9.53 Å². The van der Waals surface area contributed by atoms with Gasteiger partial charge < -0.3 is 14.6 Å². The number of rotatable bonds is 3. The summed E-state index contributed by atoms with van der Waals surface area (Å²) in [6, 6.07) is 7.82. The lowest BCUT2D eigenvalue weighted by atomic mass is 10.1. The fourth-order valence-corrected chi connectivity index (χ4v) is 2.94. The van der Waals surface area contributed by atoms with Crippen LogP contribution in [0.15, 0.2) is 49.1 Å². The number of hydrogen-bond acceptors (Lipinski definition) is 4. The minimum atomic E-state index is -0.0409. The maximum Gasteiger partial charge on any atom is 0.256 e. The molecule has 2 aromatic heterocycles. The summed E-state index contributed by atoms with van der Waals surface area (Å²) in [7, 11) is 0. The largest absolute Gasteiger partial charge is 0.471 e. The van der Waals surface area contributed by atoms with Crippen molar-refractivity contribution in [3.8, 4) is 5.88 Å². The highest BCUT2D eigenvalue weighted by Gasteiger charge is 2.29. The van der Waals surface area contributed by atoms with Gasteiger partial charge >= 0.3 is 0 Å². The van der Waals surface area contributed by atoms with Gasteiger partial charge in [-0.2, -0.15) is 0 Å². The predicted octanol–water partition coefficient (Wildman–Crippen LogP) is 2.25. The Hall–Kier alpha value is -2.89. The number of fused-ring (bicyclic) bond motifs is 1. The normalized spacial score (nSPS) is 17.6. The topological polar surface area (TPSA) is 71.1 Å². The van der Waals surface area contributed by atoms with Crippen LogP contribution in [0.1, 0.15) is 16.8 Å². The SMILES string of the molecule is O=C(c1c[nH]c2ccccc12)N1CCC(Oc2cnccn2)C1. The highest BCUT2D eigenvalue weighted by Crippen LogP contribution is 2.22. The summed E-state index contributed by atoms with van der Waals surface area (Å²) >= 11 is 0. The summed E-state index contributed by atoms with van der Waals surface area (Å²) in [6.45, 7) is 1.25. The predicted molar refractivity (Wildman–Crippen MR) is 85.3 cm³/mol. The van der Waals surface area contributed by atoms with Gasteiger partial charge in [0.05, 0.1) is 18.3 Å². The van der Waals surface area contributed by atoms with Gasteiger partial charge in [-0.3, -0.25) is 9.78 Å². The Morgan fingerprint density at radius 1 is 1.30 bits per heavy atom. The fourth-order valence-electron chi connectivity index (χ4n) is 2.94. The van der Waals surface area contributed by atoms with Gasteiger partial charge in [-0.15, -0.1) is 0 Å². The standard InChI is InChI=1S/C17H16N4O2/c22-17(14-9-20-15-4-2-1-3-13(14)15)21-8-5-12(11-21)23-16-10-18-6-7-19-16/h1-4,6-7,9-10,12,20H,5,8,11H2. The maximum atomic E-state index is 12.7. The average molecular weight is 308 g/mol. The van der Waals surface area contributed by atoms with Crippen LogP contribution in [0.5, 0.6) is 5.88 Å². The third-order valence-electron chi connectivity index (χ3n) is 4.08. The summed E-state index contributed by atoms with van der Waals surface area (Å²) in [6.07, 6.45) is 7.33. The van der Waals surface area contributed by atoms with E-state index in [1.54, 1.807) is 24.8 Å². The summed E-state index contributed by atoms with van der Waals surface area (Å²) in [5.41, 5.74) is 1.68. The van der Waals surface area contributed by atoms with Crippen LogP contribution in [0, 0.1) is 0 Å². The lowest BCUT2D eigenvalue weighted by Crippen LogP contribution is -2.30. The Bertz CT molecular complexity index is 831. The number of aromatic amines is 1. The number of nitrogens with zero attached hydrogens (tertiary/aromatic N) is 3. The van der Waals surface area contributed by atoms with Crippen LogP contribution in [0.3, 0.4) is 0 Å². The van der Waals surface area contributed by atoms with Crippen LogP contribution >= 0.6 is 0 Å². The van der Waals surface area contributed by atoms with E-state index in [4.69, 9.17) is 4.74 Å². The Labute approximate surface area is 133 Å². The second-order valence-electron chi connectivity index (χ2n) is 5.57. The Kier molecular flexibility index (Phi) is 3.42. The van der Waals surface area contributed by atoms with Crippen LogP contribution in [-0.2, 0) is 0 Å². The second-order valence-corrected chi connectivity index (χ2v) is 5.57. The van der Waals surface area contributed by atoms with Crippen LogP contribution in [0.25, 0.3) is 10.9 Å². The third-order valence-corrected chi connectivity index (χ3v) is 4.08.